The Hall–Kier alpha value is -2.75. The highest BCUT2D eigenvalue weighted by Crippen LogP contribution is 2.44. The molecule has 1 atom stereocenters. The Kier molecular flexibility index (Phi) is 3.70. The number of rotatable bonds is 3. The van der Waals surface area contributed by atoms with Crippen molar-refractivity contribution in [1.29, 1.82) is 0 Å². The first kappa shape index (κ1) is 15.5. The number of benzene rings is 2. The maximum Gasteiger partial charge on any atom is 0.258 e. The van der Waals surface area contributed by atoms with Gasteiger partial charge in [0, 0.05) is 23.3 Å². The molecule has 130 valence electrons. The summed E-state index contributed by atoms with van der Waals surface area (Å²) in [6.45, 7) is 2.05. The maximum absolute atomic E-state index is 5.51. The van der Waals surface area contributed by atoms with Crippen molar-refractivity contribution in [3.8, 4) is 22.8 Å². The molecule has 5 rings (SSSR count). The summed E-state index contributed by atoms with van der Waals surface area (Å²) >= 11 is 0. The van der Waals surface area contributed by atoms with Gasteiger partial charge in [-0.05, 0) is 48.9 Å². The smallest absolute Gasteiger partial charge is 0.258 e. The number of aliphatic imine (C=N–C) groups is 1. The van der Waals surface area contributed by atoms with Crippen LogP contribution in [-0.4, -0.2) is 16.4 Å². The van der Waals surface area contributed by atoms with Gasteiger partial charge in [-0.15, -0.1) is 0 Å². The first-order chi connectivity index (χ1) is 12.8. The zero-order valence-electron chi connectivity index (χ0n) is 14.9. The van der Waals surface area contributed by atoms with Crippen LogP contribution in [0.5, 0.6) is 0 Å². The Balaban J connectivity index is 1.46. The fraction of sp³-hybridized carbons (Fsp3) is 0.318. The number of hydrogen-bond acceptors (Lipinski definition) is 4. The average Bonchev–Trinajstić information content (AvgIpc) is 3.41. The van der Waals surface area contributed by atoms with Gasteiger partial charge in [-0.2, -0.15) is 4.98 Å². The fourth-order valence-corrected chi connectivity index (χ4v) is 4.27. The summed E-state index contributed by atoms with van der Waals surface area (Å²) in [4.78, 5) is 9.28. The summed E-state index contributed by atoms with van der Waals surface area (Å²) in [5.74, 6) is 2.41. The van der Waals surface area contributed by atoms with Crippen LogP contribution in [-0.2, 0) is 0 Å². The summed E-state index contributed by atoms with van der Waals surface area (Å²) in [6, 6.07) is 14.4. The number of fused-ring (bicyclic) bond motifs is 1. The zero-order chi connectivity index (χ0) is 17.5. The van der Waals surface area contributed by atoms with E-state index in [0.29, 0.717) is 17.6 Å². The Bertz CT molecular complexity index is 983. The average molecular weight is 343 g/mol. The third-order valence-corrected chi connectivity index (χ3v) is 5.73. The van der Waals surface area contributed by atoms with E-state index in [4.69, 9.17) is 4.52 Å². The van der Waals surface area contributed by atoms with Crippen LogP contribution in [0, 0.1) is 12.8 Å². The van der Waals surface area contributed by atoms with Crippen LogP contribution in [0.15, 0.2) is 52.0 Å². The molecule has 1 aromatic heterocycles. The molecule has 1 aliphatic heterocycles. The molecule has 2 aliphatic rings. The van der Waals surface area contributed by atoms with Crippen molar-refractivity contribution in [3.05, 3.63) is 53.6 Å². The van der Waals surface area contributed by atoms with Crippen LogP contribution in [0.3, 0.4) is 0 Å². The fourth-order valence-electron chi connectivity index (χ4n) is 4.27. The van der Waals surface area contributed by atoms with Crippen molar-refractivity contribution in [2.45, 2.75) is 38.5 Å². The number of hydrogen-bond donors (Lipinski definition) is 0. The largest absolute Gasteiger partial charge is 0.334 e. The van der Waals surface area contributed by atoms with E-state index in [2.05, 4.69) is 39.5 Å². The molecule has 0 amide bonds. The van der Waals surface area contributed by atoms with Crippen LogP contribution >= 0.6 is 0 Å². The second-order valence-electron chi connectivity index (χ2n) is 7.36. The van der Waals surface area contributed by atoms with Gasteiger partial charge in [0.15, 0.2) is 0 Å². The van der Waals surface area contributed by atoms with E-state index in [1.165, 1.54) is 31.2 Å². The van der Waals surface area contributed by atoms with E-state index >= 15 is 0 Å². The van der Waals surface area contributed by atoms with E-state index < -0.39 is 0 Å². The van der Waals surface area contributed by atoms with Gasteiger partial charge in [0.05, 0.1) is 5.69 Å². The lowest BCUT2D eigenvalue weighted by molar-refractivity contribution is 0.432. The van der Waals surface area contributed by atoms with Gasteiger partial charge in [0.1, 0.15) is 0 Å². The van der Waals surface area contributed by atoms with Crippen molar-refractivity contribution in [2.75, 3.05) is 0 Å². The first-order valence-electron chi connectivity index (χ1n) is 9.38. The molecule has 3 aromatic rings. The zero-order valence-corrected chi connectivity index (χ0v) is 14.9. The van der Waals surface area contributed by atoms with Crippen LogP contribution in [0.4, 0.5) is 5.69 Å². The molecule has 0 N–H and O–H groups in total. The normalized spacial score (nSPS) is 19.2. The highest BCUT2D eigenvalue weighted by atomic mass is 16.5. The molecule has 0 saturated heterocycles. The molecule has 26 heavy (non-hydrogen) atoms. The SMILES string of the molecule is Cc1ccccc1-c1nc(-c2ccc3c(c2)N=CC3C2CCCC2)no1. The van der Waals surface area contributed by atoms with Crippen molar-refractivity contribution < 1.29 is 4.52 Å². The molecular weight excluding hydrogens is 322 g/mol. The molecule has 1 fully saturated rings. The third kappa shape index (κ3) is 2.57. The lowest BCUT2D eigenvalue weighted by Crippen LogP contribution is -2.08. The van der Waals surface area contributed by atoms with Crippen molar-refractivity contribution in [2.24, 2.45) is 10.9 Å². The van der Waals surface area contributed by atoms with E-state index in [9.17, 15) is 0 Å². The number of aromatic nitrogens is 2. The summed E-state index contributed by atoms with van der Waals surface area (Å²) in [6.07, 6.45) is 7.49. The van der Waals surface area contributed by atoms with Gasteiger partial charge in [0.2, 0.25) is 5.82 Å². The van der Waals surface area contributed by atoms with Crippen LogP contribution in [0.2, 0.25) is 0 Å². The second-order valence-corrected chi connectivity index (χ2v) is 7.36. The Morgan fingerprint density at radius 1 is 1.04 bits per heavy atom. The Morgan fingerprint density at radius 2 is 1.88 bits per heavy atom. The van der Waals surface area contributed by atoms with Crippen LogP contribution in [0.1, 0.15) is 42.7 Å². The lowest BCUT2D eigenvalue weighted by Gasteiger charge is -2.16. The monoisotopic (exact) mass is 343 g/mol. The predicted molar refractivity (Wildman–Crippen MR) is 103 cm³/mol. The van der Waals surface area contributed by atoms with Gasteiger partial charge in [-0.1, -0.05) is 48.3 Å². The summed E-state index contributed by atoms with van der Waals surface area (Å²) in [5.41, 5.74) is 5.47. The molecule has 0 spiro atoms. The van der Waals surface area contributed by atoms with Crippen molar-refractivity contribution in [3.63, 3.8) is 0 Å². The lowest BCUT2D eigenvalue weighted by atomic mass is 9.86. The van der Waals surface area contributed by atoms with E-state index in [1.54, 1.807) is 0 Å². The Labute approximate surface area is 153 Å². The van der Waals surface area contributed by atoms with Crippen LogP contribution in [0.25, 0.3) is 22.8 Å². The molecule has 4 heteroatoms. The molecule has 4 nitrogen and oxygen atoms in total. The summed E-state index contributed by atoms with van der Waals surface area (Å²) in [7, 11) is 0. The minimum absolute atomic E-state index is 0.481. The predicted octanol–water partition coefficient (Wildman–Crippen LogP) is 5.70. The standard InChI is InChI=1S/C22H21N3O/c1-14-6-2-5-9-17(14)22-24-21(25-26-22)16-10-11-18-19(13-23-20(18)12-16)15-7-3-4-8-15/h2,5-6,9-13,15,19H,3-4,7-8H2,1H3. The highest BCUT2D eigenvalue weighted by molar-refractivity contribution is 5.83. The number of nitrogens with zero attached hydrogens (tertiary/aromatic N) is 3. The minimum Gasteiger partial charge on any atom is -0.334 e. The molecule has 1 saturated carbocycles. The topological polar surface area (TPSA) is 51.3 Å². The molecule has 1 aliphatic carbocycles. The van der Waals surface area contributed by atoms with Gasteiger partial charge in [-0.3, -0.25) is 4.99 Å². The van der Waals surface area contributed by atoms with Gasteiger partial charge in [0.25, 0.3) is 5.89 Å². The van der Waals surface area contributed by atoms with Gasteiger partial charge >= 0.3 is 0 Å². The Morgan fingerprint density at radius 3 is 2.73 bits per heavy atom. The van der Waals surface area contributed by atoms with Crippen molar-refractivity contribution >= 4 is 11.9 Å². The van der Waals surface area contributed by atoms with Gasteiger partial charge < -0.3 is 4.52 Å². The molecular formula is C22H21N3O. The first-order valence-corrected chi connectivity index (χ1v) is 9.38. The minimum atomic E-state index is 0.481. The summed E-state index contributed by atoms with van der Waals surface area (Å²) in [5, 5.41) is 4.19. The molecule has 2 heterocycles. The van der Waals surface area contributed by atoms with Gasteiger partial charge in [-0.25, -0.2) is 0 Å². The van der Waals surface area contributed by atoms with Crippen molar-refractivity contribution in [1.82, 2.24) is 10.1 Å². The molecule has 2 aromatic carbocycles. The van der Waals surface area contributed by atoms with E-state index in [1.807, 2.05) is 31.2 Å². The van der Waals surface area contributed by atoms with E-state index in [-0.39, 0.29) is 0 Å². The van der Waals surface area contributed by atoms with E-state index in [0.717, 1.165) is 28.3 Å². The molecule has 0 bridgehead atoms. The quantitative estimate of drug-likeness (QED) is 0.613. The van der Waals surface area contributed by atoms with Crippen LogP contribution < -0.4 is 0 Å². The molecule has 1 unspecified atom stereocenters. The third-order valence-electron chi connectivity index (χ3n) is 5.73. The highest BCUT2D eigenvalue weighted by Gasteiger charge is 2.29. The molecule has 0 radical (unpaired) electrons. The number of aryl methyl sites for hydroxylation is 1. The second kappa shape index (κ2) is 6.20. The maximum atomic E-state index is 5.51. The summed E-state index contributed by atoms with van der Waals surface area (Å²) < 4.78 is 5.51.